The SMILES string of the molecule is O=C1O[C@H]([C@@H](O)CO)C(ON=Nc2ccc([N+](=O)[O-])cc2)=C1O. The van der Waals surface area contributed by atoms with E-state index < -0.39 is 41.2 Å². The van der Waals surface area contributed by atoms with Crippen LogP contribution in [0.4, 0.5) is 11.4 Å². The summed E-state index contributed by atoms with van der Waals surface area (Å²) < 4.78 is 4.61. The van der Waals surface area contributed by atoms with Crippen LogP contribution >= 0.6 is 0 Å². The minimum atomic E-state index is -1.51. The molecule has 2 atom stereocenters. The van der Waals surface area contributed by atoms with Gasteiger partial charge < -0.3 is 24.9 Å². The Morgan fingerprint density at radius 2 is 2.04 bits per heavy atom. The van der Waals surface area contributed by atoms with Gasteiger partial charge in [-0.1, -0.05) is 0 Å². The van der Waals surface area contributed by atoms with Gasteiger partial charge in [0.2, 0.25) is 11.5 Å². The molecular weight excluding hydrogens is 314 g/mol. The van der Waals surface area contributed by atoms with Crippen LogP contribution in [0.3, 0.4) is 0 Å². The summed E-state index contributed by atoms with van der Waals surface area (Å²) >= 11 is 0. The first-order valence-electron chi connectivity index (χ1n) is 6.19. The maximum atomic E-state index is 11.2. The standard InChI is InChI=1S/C12H11N3O8/c16-5-8(17)10-11(9(18)12(19)22-10)23-14-13-6-1-3-7(4-2-6)15(20)21/h1-4,8,10,16-18H,5H2/t8-,10+/m0/s1. The molecule has 1 aromatic carbocycles. The lowest BCUT2D eigenvalue weighted by Gasteiger charge is -2.15. The zero-order valence-electron chi connectivity index (χ0n) is 11.4. The molecular formula is C12H11N3O8. The van der Waals surface area contributed by atoms with Crippen molar-refractivity contribution in [3.63, 3.8) is 0 Å². The fourth-order valence-corrected chi connectivity index (χ4v) is 1.66. The van der Waals surface area contributed by atoms with Crippen molar-refractivity contribution < 1.29 is 34.6 Å². The van der Waals surface area contributed by atoms with Gasteiger partial charge in [-0.3, -0.25) is 10.1 Å². The molecule has 0 aliphatic carbocycles. The van der Waals surface area contributed by atoms with E-state index in [2.05, 4.69) is 15.1 Å². The summed E-state index contributed by atoms with van der Waals surface area (Å²) in [6.07, 6.45) is -2.92. The summed E-state index contributed by atoms with van der Waals surface area (Å²) in [6, 6.07) is 5.00. The number of aliphatic hydroxyl groups excluding tert-OH is 3. The van der Waals surface area contributed by atoms with Gasteiger partial charge in [-0.2, -0.15) is 0 Å². The number of nitrogens with zero attached hydrogens (tertiary/aromatic N) is 3. The molecule has 1 aromatic rings. The second kappa shape index (κ2) is 6.81. The van der Waals surface area contributed by atoms with Crippen LogP contribution in [0.5, 0.6) is 0 Å². The first-order chi connectivity index (χ1) is 10.9. The molecule has 0 spiro atoms. The third-order valence-electron chi connectivity index (χ3n) is 2.81. The number of carbonyl (C=O) groups excluding carboxylic acids is 1. The van der Waals surface area contributed by atoms with Crippen molar-refractivity contribution in [1.82, 2.24) is 0 Å². The second-order valence-corrected chi connectivity index (χ2v) is 4.34. The van der Waals surface area contributed by atoms with Crippen LogP contribution in [0.15, 0.2) is 46.2 Å². The maximum absolute atomic E-state index is 11.2. The first kappa shape index (κ1) is 16.3. The van der Waals surface area contributed by atoms with Crippen molar-refractivity contribution in [3.05, 3.63) is 45.9 Å². The van der Waals surface area contributed by atoms with Gasteiger partial charge in [0.25, 0.3) is 5.69 Å². The molecule has 0 fully saturated rings. The molecule has 0 amide bonds. The number of hydrogen-bond donors (Lipinski definition) is 3. The van der Waals surface area contributed by atoms with Gasteiger partial charge in [-0.15, -0.1) is 5.11 Å². The number of hydrogen-bond acceptors (Lipinski definition) is 10. The lowest BCUT2D eigenvalue weighted by atomic mass is 10.2. The summed E-state index contributed by atoms with van der Waals surface area (Å²) in [4.78, 5) is 25.9. The van der Waals surface area contributed by atoms with Crippen molar-refractivity contribution >= 4 is 17.3 Å². The minimum Gasteiger partial charge on any atom is -0.499 e. The van der Waals surface area contributed by atoms with Crippen molar-refractivity contribution in [2.75, 3.05) is 6.61 Å². The summed E-state index contributed by atoms with van der Waals surface area (Å²) in [5.74, 6) is -2.53. The number of rotatable bonds is 6. The Hall–Kier alpha value is -3.05. The van der Waals surface area contributed by atoms with Crippen LogP contribution in [-0.4, -0.2) is 45.0 Å². The molecule has 0 bridgehead atoms. The normalized spacial score (nSPS) is 19.0. The molecule has 122 valence electrons. The number of nitro benzene ring substituents is 1. The summed E-state index contributed by atoms with van der Waals surface area (Å²) in [7, 11) is 0. The summed E-state index contributed by atoms with van der Waals surface area (Å²) in [5, 5.41) is 45.1. The van der Waals surface area contributed by atoms with Gasteiger partial charge >= 0.3 is 5.97 Å². The number of cyclic esters (lactones) is 1. The number of esters is 1. The second-order valence-electron chi connectivity index (χ2n) is 4.34. The Labute approximate surface area is 128 Å². The van der Waals surface area contributed by atoms with Gasteiger partial charge in [0.1, 0.15) is 6.10 Å². The molecule has 11 nitrogen and oxygen atoms in total. The van der Waals surface area contributed by atoms with Crippen molar-refractivity contribution in [1.29, 1.82) is 0 Å². The quantitative estimate of drug-likeness (QED) is 0.297. The van der Waals surface area contributed by atoms with E-state index in [4.69, 9.17) is 9.94 Å². The molecule has 0 radical (unpaired) electrons. The van der Waals surface area contributed by atoms with Gasteiger partial charge in [0.15, 0.2) is 6.10 Å². The van der Waals surface area contributed by atoms with E-state index in [9.17, 15) is 25.1 Å². The fraction of sp³-hybridized carbons (Fsp3) is 0.250. The Bertz CT molecular complexity index is 669. The molecule has 0 aromatic heterocycles. The first-order valence-corrected chi connectivity index (χ1v) is 6.19. The number of benzene rings is 1. The predicted octanol–water partition coefficient (Wildman–Crippen LogP) is 0.658. The van der Waals surface area contributed by atoms with Gasteiger partial charge in [0.05, 0.1) is 17.2 Å². The Morgan fingerprint density at radius 3 is 2.61 bits per heavy atom. The molecule has 1 heterocycles. The highest BCUT2D eigenvalue weighted by atomic mass is 16.7. The highest BCUT2D eigenvalue weighted by Gasteiger charge is 2.41. The lowest BCUT2D eigenvalue weighted by molar-refractivity contribution is -0.384. The molecule has 1 aliphatic rings. The average Bonchev–Trinajstić information content (AvgIpc) is 2.83. The lowest BCUT2D eigenvalue weighted by Crippen LogP contribution is -2.32. The number of ether oxygens (including phenoxy) is 1. The van der Waals surface area contributed by atoms with Crippen LogP contribution in [0.25, 0.3) is 0 Å². The van der Waals surface area contributed by atoms with E-state index in [1.165, 1.54) is 24.3 Å². The Balaban J connectivity index is 2.08. The van der Waals surface area contributed by atoms with Crippen LogP contribution in [0.1, 0.15) is 0 Å². The smallest absolute Gasteiger partial charge is 0.378 e. The number of aliphatic hydroxyl groups is 3. The zero-order valence-corrected chi connectivity index (χ0v) is 11.4. The molecule has 2 rings (SSSR count). The van der Waals surface area contributed by atoms with Gasteiger partial charge in [-0.25, -0.2) is 4.79 Å². The molecule has 3 N–H and O–H groups in total. The van der Waals surface area contributed by atoms with E-state index >= 15 is 0 Å². The molecule has 0 saturated heterocycles. The molecule has 0 saturated carbocycles. The zero-order chi connectivity index (χ0) is 17.0. The van der Waals surface area contributed by atoms with Gasteiger partial charge in [-0.05, 0) is 12.1 Å². The topological polar surface area (TPSA) is 164 Å². The van der Waals surface area contributed by atoms with Crippen LogP contribution in [0, 0.1) is 10.1 Å². The molecule has 1 aliphatic heterocycles. The van der Waals surface area contributed by atoms with Crippen LogP contribution < -0.4 is 0 Å². The molecule has 11 heteroatoms. The number of carbonyl (C=O) groups is 1. The highest BCUT2D eigenvalue weighted by Crippen LogP contribution is 2.26. The number of nitro groups is 1. The Kier molecular flexibility index (Phi) is 4.83. The van der Waals surface area contributed by atoms with Gasteiger partial charge in [0, 0.05) is 17.4 Å². The van der Waals surface area contributed by atoms with Crippen LogP contribution in [0.2, 0.25) is 0 Å². The highest BCUT2D eigenvalue weighted by molar-refractivity contribution is 5.89. The third kappa shape index (κ3) is 3.59. The fourth-order valence-electron chi connectivity index (χ4n) is 1.66. The monoisotopic (exact) mass is 325 g/mol. The average molecular weight is 325 g/mol. The van der Waals surface area contributed by atoms with Crippen LogP contribution in [-0.2, 0) is 14.4 Å². The third-order valence-corrected chi connectivity index (χ3v) is 2.81. The minimum absolute atomic E-state index is 0.133. The molecule has 0 unspecified atom stereocenters. The Morgan fingerprint density at radius 1 is 1.39 bits per heavy atom. The van der Waals surface area contributed by atoms with E-state index in [1.807, 2.05) is 0 Å². The molecule has 23 heavy (non-hydrogen) atoms. The van der Waals surface area contributed by atoms with E-state index in [0.717, 1.165) is 0 Å². The summed E-state index contributed by atoms with van der Waals surface area (Å²) in [5.41, 5.74) is 0.0753. The van der Waals surface area contributed by atoms with E-state index in [0.29, 0.717) is 0 Å². The van der Waals surface area contributed by atoms with E-state index in [-0.39, 0.29) is 11.4 Å². The predicted molar refractivity (Wildman–Crippen MR) is 71.3 cm³/mol. The maximum Gasteiger partial charge on any atom is 0.378 e. The van der Waals surface area contributed by atoms with E-state index in [1.54, 1.807) is 0 Å². The largest absolute Gasteiger partial charge is 0.499 e. The van der Waals surface area contributed by atoms with Crippen molar-refractivity contribution in [2.24, 2.45) is 10.4 Å². The van der Waals surface area contributed by atoms with Crippen molar-refractivity contribution in [3.8, 4) is 0 Å². The summed E-state index contributed by atoms with van der Waals surface area (Å²) in [6.45, 7) is -0.739. The van der Waals surface area contributed by atoms with Crippen molar-refractivity contribution in [2.45, 2.75) is 12.2 Å². The number of non-ortho nitro benzene ring substituents is 1.